The van der Waals surface area contributed by atoms with Crippen LogP contribution in [0.25, 0.3) is 22.2 Å². The molecule has 2 heterocycles. The number of aromatic amines is 1. The van der Waals surface area contributed by atoms with E-state index in [-0.39, 0.29) is 11.5 Å². The summed E-state index contributed by atoms with van der Waals surface area (Å²) in [5.41, 5.74) is 3.79. The predicted molar refractivity (Wildman–Crippen MR) is 116 cm³/mol. The molecule has 1 N–H and O–H groups in total. The Bertz CT molecular complexity index is 1190. The van der Waals surface area contributed by atoms with Crippen LogP contribution in [0.3, 0.4) is 0 Å². The summed E-state index contributed by atoms with van der Waals surface area (Å²) < 4.78 is 0. The minimum absolute atomic E-state index is 0.205. The molecule has 7 heteroatoms. The molecule has 138 valence electrons. The van der Waals surface area contributed by atoms with Gasteiger partial charge < -0.3 is 4.98 Å². The minimum atomic E-state index is -0.402. The van der Waals surface area contributed by atoms with Crippen molar-refractivity contribution in [3.8, 4) is 11.3 Å². The quantitative estimate of drug-likeness (QED) is 0.184. The average molecular weight is 406 g/mol. The highest BCUT2D eigenvalue weighted by atomic mass is 32.1. The van der Waals surface area contributed by atoms with E-state index < -0.39 is 5.92 Å². The first-order chi connectivity index (χ1) is 13.7. The Morgan fingerprint density at radius 2 is 1.86 bits per heavy atom. The molecule has 0 aliphatic rings. The van der Waals surface area contributed by atoms with Gasteiger partial charge in [-0.25, -0.2) is 0 Å². The maximum atomic E-state index is 11.5. The Morgan fingerprint density at radius 1 is 1.11 bits per heavy atom. The molecule has 2 aromatic carbocycles. The third-order valence-electron chi connectivity index (χ3n) is 4.60. The van der Waals surface area contributed by atoms with Crippen molar-refractivity contribution in [1.82, 2.24) is 4.98 Å². The summed E-state index contributed by atoms with van der Waals surface area (Å²) in [5, 5.41) is 15.6. The molecule has 0 radical (unpaired) electrons. The Hall–Kier alpha value is -3.12. The fourth-order valence-corrected chi connectivity index (χ4v) is 4.56. The third kappa shape index (κ3) is 3.51. The second kappa shape index (κ2) is 7.86. The summed E-state index contributed by atoms with van der Waals surface area (Å²) in [7, 11) is 0. The number of H-pyrrole nitrogens is 1. The summed E-state index contributed by atoms with van der Waals surface area (Å²) in [6.07, 6.45) is 0. The number of nitrogens with zero attached hydrogens (tertiary/aromatic N) is 2. The maximum absolute atomic E-state index is 11.5. The molecule has 4 aromatic rings. The Labute approximate surface area is 170 Å². The van der Waals surface area contributed by atoms with E-state index >= 15 is 0 Å². The summed E-state index contributed by atoms with van der Waals surface area (Å²) >= 11 is 6.09. The summed E-state index contributed by atoms with van der Waals surface area (Å²) in [5.74, 6) is -0.402. The van der Waals surface area contributed by atoms with Gasteiger partial charge in [0, 0.05) is 26.3 Å². The molecule has 0 saturated heterocycles. The first-order valence-corrected chi connectivity index (χ1v) is 9.85. The Kier molecular flexibility index (Phi) is 5.12. The molecule has 1 unspecified atom stereocenters. The van der Waals surface area contributed by atoms with E-state index in [0.717, 1.165) is 32.6 Å². The van der Waals surface area contributed by atoms with Crippen LogP contribution in [-0.4, -0.2) is 21.6 Å². The molecule has 0 fully saturated rings. The smallest absolute Gasteiger partial charge is 0.215 e. The van der Waals surface area contributed by atoms with Crippen LogP contribution in [0.4, 0.5) is 5.00 Å². The maximum Gasteiger partial charge on any atom is 0.215 e. The Morgan fingerprint density at radius 3 is 2.61 bits per heavy atom. The number of hydrogen-bond donors (Lipinski definition) is 1. The van der Waals surface area contributed by atoms with Gasteiger partial charge >= 0.3 is 0 Å². The summed E-state index contributed by atoms with van der Waals surface area (Å²) in [6.45, 7) is -0.205. The molecule has 0 spiro atoms. The lowest BCUT2D eigenvalue weighted by Crippen LogP contribution is -2.13. The van der Waals surface area contributed by atoms with Crippen LogP contribution < -0.4 is 0 Å². The van der Waals surface area contributed by atoms with E-state index in [4.69, 9.17) is 0 Å². The number of nitrogens with one attached hydrogen (secondary N) is 1. The topological polar surface area (TPSA) is 71.3 Å². The molecule has 0 aliphatic heterocycles. The zero-order chi connectivity index (χ0) is 19.5. The van der Waals surface area contributed by atoms with E-state index in [0.29, 0.717) is 5.00 Å². The van der Waals surface area contributed by atoms with Crippen LogP contribution in [0.5, 0.6) is 0 Å². The van der Waals surface area contributed by atoms with Gasteiger partial charge in [0.2, 0.25) is 6.54 Å². The van der Waals surface area contributed by atoms with Crippen molar-refractivity contribution in [3.05, 3.63) is 87.3 Å². The molecule has 4 rings (SSSR count). The molecule has 5 nitrogen and oxygen atoms in total. The van der Waals surface area contributed by atoms with Crippen molar-refractivity contribution in [2.45, 2.75) is 5.92 Å². The number of thiophene rings is 1. The number of para-hydroxylation sites is 1. The van der Waals surface area contributed by atoms with Crippen molar-refractivity contribution in [3.63, 3.8) is 0 Å². The van der Waals surface area contributed by atoms with E-state index in [2.05, 4.69) is 27.4 Å². The normalized spacial score (nSPS) is 11.9. The van der Waals surface area contributed by atoms with Crippen LogP contribution in [0, 0.1) is 10.1 Å². The van der Waals surface area contributed by atoms with E-state index in [1.807, 2.05) is 66.7 Å². The lowest BCUT2D eigenvalue weighted by Gasteiger charge is -2.14. The third-order valence-corrected chi connectivity index (χ3v) is 5.78. The minimum Gasteiger partial charge on any atom is -0.354 e. The van der Waals surface area contributed by atoms with Crippen molar-refractivity contribution >= 4 is 44.6 Å². The predicted octanol–water partition coefficient (Wildman–Crippen LogP) is 6.04. The summed E-state index contributed by atoms with van der Waals surface area (Å²) in [6, 6.07) is 21.5. The number of nitro groups is 1. The van der Waals surface area contributed by atoms with Crippen molar-refractivity contribution in [1.29, 1.82) is 0 Å². The standard InChI is InChI=1S/C21H15N3O2S2/c25-24(26)12-16(18-10-11-19(28-18)22-13-27)20-15-8-4-5-9-17(15)23-21(20)14-6-2-1-3-7-14/h1-11,16,23H,12H2. The molecule has 0 amide bonds. The van der Waals surface area contributed by atoms with Crippen LogP contribution in [-0.2, 0) is 0 Å². The molecule has 28 heavy (non-hydrogen) atoms. The van der Waals surface area contributed by atoms with Crippen molar-refractivity contribution < 1.29 is 4.92 Å². The molecule has 0 bridgehead atoms. The molecule has 1 atom stereocenters. The Balaban J connectivity index is 1.96. The average Bonchev–Trinajstić information content (AvgIpc) is 3.32. The van der Waals surface area contributed by atoms with Crippen LogP contribution in [0.2, 0.25) is 0 Å². The van der Waals surface area contributed by atoms with Gasteiger partial charge in [0.05, 0.1) is 16.8 Å². The zero-order valence-corrected chi connectivity index (χ0v) is 16.3. The number of benzene rings is 2. The monoisotopic (exact) mass is 405 g/mol. The highest BCUT2D eigenvalue weighted by molar-refractivity contribution is 7.78. The molecule has 2 aromatic heterocycles. The van der Waals surface area contributed by atoms with Gasteiger partial charge in [-0.3, -0.25) is 10.1 Å². The van der Waals surface area contributed by atoms with Crippen LogP contribution >= 0.6 is 23.6 Å². The second-order valence-corrected chi connectivity index (χ2v) is 7.55. The number of aromatic nitrogens is 1. The number of rotatable bonds is 6. The van der Waals surface area contributed by atoms with Gasteiger partial charge in [-0.15, -0.1) is 11.3 Å². The van der Waals surface area contributed by atoms with Crippen molar-refractivity contribution in [2.75, 3.05) is 6.54 Å². The van der Waals surface area contributed by atoms with Gasteiger partial charge in [0.15, 0.2) is 0 Å². The van der Waals surface area contributed by atoms with Gasteiger partial charge in [0.25, 0.3) is 0 Å². The SMILES string of the molecule is O=[N+]([O-])CC(c1ccc(N=C=S)s1)c1c(-c2ccccc2)[nH]c2ccccc12. The summed E-state index contributed by atoms with van der Waals surface area (Å²) in [4.78, 5) is 19.6. The first-order valence-electron chi connectivity index (χ1n) is 8.63. The van der Waals surface area contributed by atoms with Crippen molar-refractivity contribution in [2.24, 2.45) is 4.99 Å². The van der Waals surface area contributed by atoms with Gasteiger partial charge in [-0.1, -0.05) is 48.5 Å². The highest BCUT2D eigenvalue weighted by Gasteiger charge is 2.28. The first kappa shape index (κ1) is 18.3. The molecular formula is C21H15N3O2S2. The number of thiocarbonyl (C=S) groups is 1. The van der Waals surface area contributed by atoms with Gasteiger partial charge in [-0.2, -0.15) is 4.99 Å². The fraction of sp³-hybridized carbons (Fsp3) is 0.0952. The van der Waals surface area contributed by atoms with Crippen LogP contribution in [0.1, 0.15) is 16.4 Å². The second-order valence-electron chi connectivity index (χ2n) is 6.27. The van der Waals surface area contributed by atoms with Crippen LogP contribution in [0.15, 0.2) is 71.7 Å². The molecule has 0 aliphatic carbocycles. The van der Waals surface area contributed by atoms with E-state index in [9.17, 15) is 10.1 Å². The van der Waals surface area contributed by atoms with E-state index in [1.165, 1.54) is 11.3 Å². The van der Waals surface area contributed by atoms with Gasteiger partial charge in [-0.05, 0) is 36.0 Å². The number of isothiocyanates is 1. The number of aliphatic imine (C=N–C) groups is 1. The lowest BCUT2D eigenvalue weighted by molar-refractivity contribution is -0.481. The highest BCUT2D eigenvalue weighted by Crippen LogP contribution is 2.42. The molecule has 0 saturated carbocycles. The fourth-order valence-electron chi connectivity index (χ4n) is 3.47. The van der Waals surface area contributed by atoms with E-state index in [1.54, 1.807) is 0 Å². The number of fused-ring (bicyclic) bond motifs is 1. The lowest BCUT2D eigenvalue weighted by atomic mass is 9.92. The number of hydrogen-bond acceptors (Lipinski definition) is 5. The molecular weight excluding hydrogens is 390 g/mol. The van der Waals surface area contributed by atoms with Gasteiger partial charge in [0.1, 0.15) is 5.00 Å². The largest absolute Gasteiger partial charge is 0.354 e. The zero-order valence-electron chi connectivity index (χ0n) is 14.7.